The van der Waals surface area contributed by atoms with Crippen molar-refractivity contribution in [3.8, 4) is 0 Å². The molecule has 0 N–H and O–H groups in total. The zero-order valence-corrected chi connectivity index (χ0v) is 13.3. The molecule has 0 aromatic carbocycles. The summed E-state index contributed by atoms with van der Waals surface area (Å²) in [7, 11) is 2.08. The van der Waals surface area contributed by atoms with Crippen molar-refractivity contribution in [2.75, 3.05) is 37.8 Å². The average molecular weight is 301 g/mol. The number of hydrogen-bond acceptors (Lipinski definition) is 5. The van der Waals surface area contributed by atoms with E-state index in [0.717, 1.165) is 24.1 Å². The molecule has 1 saturated heterocycles. The highest BCUT2D eigenvalue weighted by molar-refractivity contribution is 7.98. The van der Waals surface area contributed by atoms with Crippen LogP contribution in [-0.4, -0.2) is 53.8 Å². The maximum atomic E-state index is 6.04. The molecule has 1 aromatic heterocycles. The van der Waals surface area contributed by atoms with Crippen LogP contribution in [0.1, 0.15) is 19.8 Å². The van der Waals surface area contributed by atoms with E-state index in [1.165, 1.54) is 31.1 Å². The lowest BCUT2D eigenvalue weighted by molar-refractivity contribution is 0.270. The van der Waals surface area contributed by atoms with Gasteiger partial charge in [-0.1, -0.05) is 30.3 Å². The fourth-order valence-corrected chi connectivity index (χ4v) is 3.20. The summed E-state index contributed by atoms with van der Waals surface area (Å²) in [6, 6.07) is 2.47. The fourth-order valence-electron chi connectivity index (χ4n) is 2.60. The molecule has 4 nitrogen and oxygen atoms in total. The van der Waals surface area contributed by atoms with Crippen LogP contribution in [0.5, 0.6) is 0 Å². The van der Waals surface area contributed by atoms with Crippen molar-refractivity contribution in [2.45, 2.75) is 31.0 Å². The van der Waals surface area contributed by atoms with Gasteiger partial charge < -0.3 is 4.90 Å². The largest absolute Gasteiger partial charge is 0.358 e. The number of nitrogens with zero attached hydrogens (tertiary/aromatic N) is 4. The number of aromatic nitrogens is 2. The molecule has 0 aliphatic carbocycles. The summed E-state index contributed by atoms with van der Waals surface area (Å²) in [5, 5.41) is 1.24. The van der Waals surface area contributed by atoms with E-state index in [0.29, 0.717) is 11.2 Å². The second kappa shape index (κ2) is 6.77. The van der Waals surface area contributed by atoms with Gasteiger partial charge in [0.2, 0.25) is 0 Å². The van der Waals surface area contributed by atoms with E-state index in [2.05, 4.69) is 33.7 Å². The summed E-state index contributed by atoms with van der Waals surface area (Å²) in [5.41, 5.74) is 0. The Kier molecular flexibility index (Phi) is 5.30. The van der Waals surface area contributed by atoms with E-state index in [-0.39, 0.29) is 0 Å². The van der Waals surface area contributed by atoms with Crippen LogP contribution in [0, 0.1) is 0 Å². The summed E-state index contributed by atoms with van der Waals surface area (Å²) in [4.78, 5) is 13.4. The van der Waals surface area contributed by atoms with Crippen molar-refractivity contribution in [1.82, 2.24) is 14.9 Å². The Balaban J connectivity index is 2.06. The monoisotopic (exact) mass is 300 g/mol. The van der Waals surface area contributed by atoms with E-state index in [1.54, 1.807) is 0 Å². The molecule has 0 bridgehead atoms. The Morgan fingerprint density at radius 1 is 1.53 bits per heavy atom. The van der Waals surface area contributed by atoms with Crippen molar-refractivity contribution in [2.24, 2.45) is 0 Å². The topological polar surface area (TPSA) is 32.3 Å². The maximum Gasteiger partial charge on any atom is 0.190 e. The summed E-state index contributed by atoms with van der Waals surface area (Å²) in [5.74, 6) is 0.910. The average Bonchev–Trinajstić information content (AvgIpc) is 2.85. The molecule has 0 amide bonds. The number of thioether (sulfide) groups is 1. The van der Waals surface area contributed by atoms with Gasteiger partial charge in [0, 0.05) is 25.7 Å². The number of anilines is 1. The van der Waals surface area contributed by atoms with E-state index in [1.807, 2.05) is 12.3 Å². The SMILES string of the molecule is CCN1CCCC1CN(C)c1cc(Cl)nc(SC)n1. The van der Waals surface area contributed by atoms with Gasteiger partial charge in [0.15, 0.2) is 5.16 Å². The van der Waals surface area contributed by atoms with Crippen molar-refractivity contribution in [1.29, 1.82) is 0 Å². The third-order valence-corrected chi connectivity index (χ3v) is 4.37. The van der Waals surface area contributed by atoms with E-state index in [9.17, 15) is 0 Å². The fraction of sp³-hybridized carbons (Fsp3) is 0.692. The zero-order valence-electron chi connectivity index (χ0n) is 11.8. The first-order chi connectivity index (χ1) is 9.13. The molecule has 0 radical (unpaired) electrons. The van der Waals surface area contributed by atoms with Crippen LogP contribution in [-0.2, 0) is 0 Å². The molecule has 6 heteroatoms. The third-order valence-electron chi connectivity index (χ3n) is 3.62. The van der Waals surface area contributed by atoms with Gasteiger partial charge in [0.05, 0.1) is 0 Å². The second-order valence-corrected chi connectivity index (χ2v) is 6.00. The standard InChI is InChI=1S/C13H21ClN4S/c1-4-18-7-5-6-10(18)9-17(2)12-8-11(14)15-13(16-12)19-3/h8,10H,4-7,9H2,1-3H3. The normalized spacial score (nSPS) is 19.9. The first-order valence-corrected chi connectivity index (χ1v) is 8.28. The van der Waals surface area contributed by atoms with Crippen LogP contribution in [0.25, 0.3) is 0 Å². The van der Waals surface area contributed by atoms with Gasteiger partial charge >= 0.3 is 0 Å². The Morgan fingerprint density at radius 3 is 3.00 bits per heavy atom. The van der Waals surface area contributed by atoms with Crippen LogP contribution in [0.2, 0.25) is 5.15 Å². The molecule has 19 heavy (non-hydrogen) atoms. The quantitative estimate of drug-likeness (QED) is 0.474. The molecule has 1 atom stereocenters. The molecule has 2 rings (SSSR count). The minimum Gasteiger partial charge on any atom is -0.358 e. The van der Waals surface area contributed by atoms with Crippen molar-refractivity contribution < 1.29 is 0 Å². The number of rotatable bonds is 5. The number of halogens is 1. The molecule has 1 aliphatic heterocycles. The molecule has 2 heterocycles. The van der Waals surface area contributed by atoms with E-state index < -0.39 is 0 Å². The lowest BCUT2D eigenvalue weighted by Gasteiger charge is -2.28. The van der Waals surface area contributed by atoms with Crippen LogP contribution >= 0.6 is 23.4 Å². The van der Waals surface area contributed by atoms with Crippen LogP contribution < -0.4 is 4.90 Å². The number of hydrogen-bond donors (Lipinski definition) is 0. The Morgan fingerprint density at radius 2 is 2.32 bits per heavy atom. The predicted molar refractivity (Wildman–Crippen MR) is 82.4 cm³/mol. The Hall–Kier alpha value is -0.520. The van der Waals surface area contributed by atoms with E-state index in [4.69, 9.17) is 11.6 Å². The van der Waals surface area contributed by atoms with Gasteiger partial charge in [-0.05, 0) is 32.2 Å². The summed E-state index contributed by atoms with van der Waals surface area (Å²) < 4.78 is 0. The van der Waals surface area contributed by atoms with Crippen LogP contribution in [0.15, 0.2) is 11.2 Å². The highest BCUT2D eigenvalue weighted by Gasteiger charge is 2.24. The van der Waals surface area contributed by atoms with Gasteiger partial charge in [-0.25, -0.2) is 9.97 Å². The molecule has 106 valence electrons. The molecule has 0 saturated carbocycles. The highest BCUT2D eigenvalue weighted by atomic mass is 35.5. The zero-order chi connectivity index (χ0) is 13.8. The van der Waals surface area contributed by atoms with Gasteiger partial charge in [0.25, 0.3) is 0 Å². The minimum atomic E-state index is 0.514. The predicted octanol–water partition coefficient (Wildman–Crippen LogP) is 2.77. The first-order valence-electron chi connectivity index (χ1n) is 6.67. The molecule has 1 aliphatic rings. The second-order valence-electron chi connectivity index (χ2n) is 4.84. The minimum absolute atomic E-state index is 0.514. The maximum absolute atomic E-state index is 6.04. The van der Waals surface area contributed by atoms with Gasteiger partial charge in [-0.2, -0.15) is 0 Å². The number of likely N-dealkylation sites (tertiary alicyclic amines) is 1. The number of likely N-dealkylation sites (N-methyl/N-ethyl adjacent to an activating group) is 2. The molecular weight excluding hydrogens is 280 g/mol. The Bertz CT molecular complexity index is 429. The molecule has 1 fully saturated rings. The van der Waals surface area contributed by atoms with Crippen LogP contribution in [0.3, 0.4) is 0 Å². The van der Waals surface area contributed by atoms with Crippen LogP contribution in [0.4, 0.5) is 5.82 Å². The first kappa shape index (κ1) is 14.9. The summed E-state index contributed by atoms with van der Waals surface area (Å²) in [6.45, 7) is 5.56. The van der Waals surface area contributed by atoms with Gasteiger partial charge in [-0.15, -0.1) is 0 Å². The lowest BCUT2D eigenvalue weighted by Crippen LogP contribution is -2.39. The Labute approximate surface area is 124 Å². The molecular formula is C13H21ClN4S. The van der Waals surface area contributed by atoms with Gasteiger partial charge in [-0.3, -0.25) is 4.90 Å². The van der Waals surface area contributed by atoms with E-state index >= 15 is 0 Å². The molecule has 0 spiro atoms. The van der Waals surface area contributed by atoms with Crippen molar-refractivity contribution in [3.05, 3.63) is 11.2 Å². The van der Waals surface area contributed by atoms with Crippen molar-refractivity contribution in [3.63, 3.8) is 0 Å². The third kappa shape index (κ3) is 3.74. The molecule has 1 aromatic rings. The summed E-state index contributed by atoms with van der Waals surface area (Å²) in [6.07, 6.45) is 4.53. The smallest absolute Gasteiger partial charge is 0.190 e. The van der Waals surface area contributed by atoms with Crippen molar-refractivity contribution >= 4 is 29.2 Å². The summed E-state index contributed by atoms with van der Waals surface area (Å²) >= 11 is 7.56. The highest BCUT2D eigenvalue weighted by Crippen LogP contribution is 2.22. The molecule has 1 unspecified atom stereocenters. The lowest BCUT2D eigenvalue weighted by atomic mass is 10.2. The van der Waals surface area contributed by atoms with Gasteiger partial charge in [0.1, 0.15) is 11.0 Å².